The molecule has 0 aliphatic carbocycles. The van der Waals surface area contributed by atoms with Crippen molar-refractivity contribution in [3.63, 3.8) is 0 Å². The lowest BCUT2D eigenvalue weighted by atomic mass is 10.1. The number of hydrogen-bond donors (Lipinski definition) is 1. The Hall–Kier alpha value is -1.62. The van der Waals surface area contributed by atoms with Gasteiger partial charge in [0.15, 0.2) is 0 Å². The fraction of sp³-hybridized carbons (Fsp3) is 0.625. The smallest absolute Gasteiger partial charge is 0.0644 e. The van der Waals surface area contributed by atoms with Gasteiger partial charge in [-0.25, -0.2) is 0 Å². The van der Waals surface area contributed by atoms with E-state index in [4.69, 9.17) is 5.10 Å². The quantitative estimate of drug-likeness (QED) is 0.813. The molecule has 0 saturated heterocycles. The Kier molecular flexibility index (Phi) is 5.56. The fourth-order valence-electron chi connectivity index (χ4n) is 2.82. The van der Waals surface area contributed by atoms with E-state index >= 15 is 0 Å². The molecule has 5 heteroatoms. The molecule has 116 valence electrons. The van der Waals surface area contributed by atoms with E-state index in [9.17, 15) is 0 Å². The van der Waals surface area contributed by atoms with Gasteiger partial charge in [-0.2, -0.15) is 10.2 Å². The second-order valence-electron chi connectivity index (χ2n) is 5.45. The first-order chi connectivity index (χ1) is 10.2. The molecule has 0 aliphatic rings. The first-order valence-corrected chi connectivity index (χ1v) is 7.94. The van der Waals surface area contributed by atoms with Gasteiger partial charge >= 0.3 is 0 Å². The van der Waals surface area contributed by atoms with Crippen molar-refractivity contribution in [1.29, 1.82) is 0 Å². The first kappa shape index (κ1) is 15.8. The van der Waals surface area contributed by atoms with Crippen LogP contribution >= 0.6 is 0 Å². The Labute approximate surface area is 127 Å². The summed E-state index contributed by atoms with van der Waals surface area (Å²) in [4.78, 5) is 0. The fourth-order valence-corrected chi connectivity index (χ4v) is 2.82. The van der Waals surface area contributed by atoms with Crippen molar-refractivity contribution in [3.8, 4) is 0 Å². The molecule has 0 spiro atoms. The standard InChI is InChI=1S/C16H27N5/c1-5-14(6-2)21-11-9-13(19-21)12-15(17-7-3)16-8-10-18-20(16)4/h8-11,14-15,17H,5-7,12H2,1-4H3. The molecule has 0 bridgehead atoms. The van der Waals surface area contributed by atoms with Crippen molar-refractivity contribution in [2.45, 2.75) is 52.1 Å². The lowest BCUT2D eigenvalue weighted by molar-refractivity contribution is 0.421. The molecule has 1 atom stereocenters. The Bertz CT molecular complexity index is 538. The number of hydrogen-bond acceptors (Lipinski definition) is 3. The minimum absolute atomic E-state index is 0.257. The van der Waals surface area contributed by atoms with E-state index in [0.717, 1.165) is 31.5 Å². The van der Waals surface area contributed by atoms with Crippen molar-refractivity contribution in [2.75, 3.05) is 6.54 Å². The van der Waals surface area contributed by atoms with Crippen LogP contribution in [0, 0.1) is 0 Å². The Balaban J connectivity index is 2.12. The highest BCUT2D eigenvalue weighted by molar-refractivity contribution is 5.12. The Morgan fingerprint density at radius 3 is 2.52 bits per heavy atom. The second-order valence-corrected chi connectivity index (χ2v) is 5.45. The summed E-state index contributed by atoms with van der Waals surface area (Å²) in [5, 5.41) is 12.6. The van der Waals surface area contributed by atoms with Crippen LogP contribution < -0.4 is 5.32 Å². The van der Waals surface area contributed by atoms with Crippen LogP contribution in [0.3, 0.4) is 0 Å². The van der Waals surface area contributed by atoms with E-state index < -0.39 is 0 Å². The SMILES string of the molecule is CCNC(Cc1ccn(C(CC)CC)n1)c1ccnn1C. The summed E-state index contributed by atoms with van der Waals surface area (Å²) in [6.07, 6.45) is 7.09. The maximum absolute atomic E-state index is 4.76. The van der Waals surface area contributed by atoms with E-state index in [-0.39, 0.29) is 6.04 Å². The van der Waals surface area contributed by atoms with E-state index in [1.165, 1.54) is 5.69 Å². The van der Waals surface area contributed by atoms with Crippen LogP contribution in [0.5, 0.6) is 0 Å². The van der Waals surface area contributed by atoms with Crippen molar-refractivity contribution >= 4 is 0 Å². The Morgan fingerprint density at radius 1 is 1.19 bits per heavy atom. The summed E-state index contributed by atoms with van der Waals surface area (Å²) in [5.74, 6) is 0. The minimum Gasteiger partial charge on any atom is -0.309 e. The van der Waals surface area contributed by atoms with E-state index in [0.29, 0.717) is 6.04 Å². The monoisotopic (exact) mass is 289 g/mol. The number of aromatic nitrogens is 4. The molecule has 1 unspecified atom stereocenters. The topological polar surface area (TPSA) is 47.7 Å². The van der Waals surface area contributed by atoms with Crippen LogP contribution in [-0.4, -0.2) is 26.1 Å². The summed E-state index contributed by atoms with van der Waals surface area (Å²) in [6, 6.07) is 4.98. The van der Waals surface area contributed by atoms with Crippen molar-refractivity contribution in [3.05, 3.63) is 35.9 Å². The molecule has 2 heterocycles. The average molecular weight is 289 g/mol. The van der Waals surface area contributed by atoms with Gasteiger partial charge in [-0.3, -0.25) is 9.36 Å². The van der Waals surface area contributed by atoms with Gasteiger partial charge in [0, 0.05) is 25.9 Å². The summed E-state index contributed by atoms with van der Waals surface area (Å²) in [5.41, 5.74) is 2.34. The van der Waals surface area contributed by atoms with Crippen LogP contribution in [0.1, 0.15) is 57.1 Å². The molecule has 0 saturated carbocycles. The molecular weight excluding hydrogens is 262 g/mol. The average Bonchev–Trinajstić information content (AvgIpc) is 3.09. The minimum atomic E-state index is 0.257. The highest BCUT2D eigenvalue weighted by Gasteiger charge is 2.17. The van der Waals surface area contributed by atoms with E-state index in [1.807, 2.05) is 17.9 Å². The summed E-state index contributed by atoms with van der Waals surface area (Å²) >= 11 is 0. The number of nitrogens with one attached hydrogen (secondary N) is 1. The highest BCUT2D eigenvalue weighted by Crippen LogP contribution is 2.19. The second kappa shape index (κ2) is 7.41. The van der Waals surface area contributed by atoms with Crippen molar-refractivity contribution < 1.29 is 0 Å². The number of rotatable bonds is 8. The normalized spacial score (nSPS) is 13.0. The third kappa shape index (κ3) is 3.73. The van der Waals surface area contributed by atoms with Gasteiger partial charge in [-0.05, 0) is 31.5 Å². The van der Waals surface area contributed by atoms with Gasteiger partial charge in [0.25, 0.3) is 0 Å². The molecule has 0 fully saturated rings. The third-order valence-corrected chi connectivity index (χ3v) is 4.06. The molecule has 5 nitrogen and oxygen atoms in total. The molecule has 21 heavy (non-hydrogen) atoms. The zero-order chi connectivity index (χ0) is 15.2. The molecule has 0 aliphatic heterocycles. The van der Waals surface area contributed by atoms with Crippen molar-refractivity contribution in [2.24, 2.45) is 7.05 Å². The zero-order valence-electron chi connectivity index (χ0n) is 13.6. The van der Waals surface area contributed by atoms with Crippen LogP contribution in [0.4, 0.5) is 0 Å². The van der Waals surface area contributed by atoms with Crippen LogP contribution in [0.2, 0.25) is 0 Å². The summed E-state index contributed by atoms with van der Waals surface area (Å²) in [7, 11) is 1.99. The molecule has 0 amide bonds. The molecular formula is C16H27N5. The molecule has 0 aromatic carbocycles. The number of likely N-dealkylation sites (N-methyl/N-ethyl adjacent to an activating group) is 1. The number of aryl methyl sites for hydroxylation is 1. The van der Waals surface area contributed by atoms with Gasteiger partial charge in [0.1, 0.15) is 0 Å². The zero-order valence-corrected chi connectivity index (χ0v) is 13.6. The highest BCUT2D eigenvalue weighted by atomic mass is 15.3. The van der Waals surface area contributed by atoms with Crippen LogP contribution in [-0.2, 0) is 13.5 Å². The molecule has 2 aromatic rings. The molecule has 2 rings (SSSR count). The largest absolute Gasteiger partial charge is 0.309 e. The molecule has 1 N–H and O–H groups in total. The summed E-state index contributed by atoms with van der Waals surface area (Å²) in [6.45, 7) is 7.49. The maximum atomic E-state index is 4.76. The van der Waals surface area contributed by atoms with Crippen LogP contribution in [0.25, 0.3) is 0 Å². The van der Waals surface area contributed by atoms with Gasteiger partial charge in [0.2, 0.25) is 0 Å². The molecule has 0 radical (unpaired) electrons. The first-order valence-electron chi connectivity index (χ1n) is 7.94. The van der Waals surface area contributed by atoms with Gasteiger partial charge in [0.05, 0.1) is 23.5 Å². The van der Waals surface area contributed by atoms with Gasteiger partial charge < -0.3 is 5.32 Å². The predicted molar refractivity (Wildman–Crippen MR) is 85.2 cm³/mol. The summed E-state index contributed by atoms with van der Waals surface area (Å²) < 4.78 is 4.05. The van der Waals surface area contributed by atoms with E-state index in [1.54, 1.807) is 0 Å². The third-order valence-electron chi connectivity index (χ3n) is 4.06. The van der Waals surface area contributed by atoms with E-state index in [2.05, 4.69) is 54.2 Å². The molecule has 2 aromatic heterocycles. The van der Waals surface area contributed by atoms with Gasteiger partial charge in [-0.15, -0.1) is 0 Å². The number of nitrogens with zero attached hydrogens (tertiary/aromatic N) is 4. The maximum Gasteiger partial charge on any atom is 0.0644 e. The Morgan fingerprint density at radius 2 is 1.95 bits per heavy atom. The lowest BCUT2D eigenvalue weighted by Gasteiger charge is -2.17. The van der Waals surface area contributed by atoms with Gasteiger partial charge in [-0.1, -0.05) is 20.8 Å². The lowest BCUT2D eigenvalue weighted by Crippen LogP contribution is -2.25. The van der Waals surface area contributed by atoms with Crippen molar-refractivity contribution in [1.82, 2.24) is 24.9 Å². The predicted octanol–water partition coefficient (Wildman–Crippen LogP) is 2.87. The van der Waals surface area contributed by atoms with Crippen LogP contribution in [0.15, 0.2) is 24.5 Å².